The average Bonchev–Trinajstić information content (AvgIpc) is 2.68. The number of rotatable bonds is 4. The number of hydrogen-bond donors (Lipinski definition) is 0. The molecular formula is C22H25NO2. The number of para-hydroxylation sites is 2. The van der Waals surface area contributed by atoms with E-state index in [9.17, 15) is 4.79 Å². The highest BCUT2D eigenvalue weighted by molar-refractivity contribution is 6.04. The number of carbonyl (C=O) groups excluding carboxylic acids is 1. The van der Waals surface area contributed by atoms with E-state index >= 15 is 0 Å². The molecule has 2 fully saturated rings. The molecule has 1 amide bonds. The fourth-order valence-corrected chi connectivity index (χ4v) is 4.57. The topological polar surface area (TPSA) is 29.5 Å². The third-order valence-corrected chi connectivity index (χ3v) is 5.78. The molecule has 0 aromatic heterocycles. The summed E-state index contributed by atoms with van der Waals surface area (Å²) in [4.78, 5) is 15.1. The van der Waals surface area contributed by atoms with Crippen molar-refractivity contribution in [1.82, 2.24) is 0 Å². The van der Waals surface area contributed by atoms with Gasteiger partial charge in [0.2, 0.25) is 5.91 Å². The quantitative estimate of drug-likeness (QED) is 0.738. The number of ether oxygens (including phenoxy) is 1. The van der Waals surface area contributed by atoms with Gasteiger partial charge in [0, 0.05) is 0 Å². The Morgan fingerprint density at radius 1 is 0.920 bits per heavy atom. The van der Waals surface area contributed by atoms with Crippen molar-refractivity contribution in [2.75, 3.05) is 12.0 Å². The van der Waals surface area contributed by atoms with Crippen LogP contribution < -0.4 is 9.64 Å². The Labute approximate surface area is 149 Å². The first-order chi connectivity index (χ1) is 12.3. The number of benzene rings is 2. The SMILES string of the molecule is COc1ccccc1N1C(=O)C(C2CCCCC2)C1c1ccccc1. The predicted molar refractivity (Wildman–Crippen MR) is 99.7 cm³/mol. The van der Waals surface area contributed by atoms with E-state index in [-0.39, 0.29) is 17.9 Å². The van der Waals surface area contributed by atoms with Crippen molar-refractivity contribution < 1.29 is 9.53 Å². The highest BCUT2D eigenvalue weighted by Crippen LogP contribution is 2.51. The van der Waals surface area contributed by atoms with Gasteiger partial charge in [0.1, 0.15) is 5.75 Å². The van der Waals surface area contributed by atoms with Gasteiger partial charge in [0.25, 0.3) is 0 Å². The minimum absolute atomic E-state index is 0.104. The van der Waals surface area contributed by atoms with Crippen LogP contribution >= 0.6 is 0 Å². The number of anilines is 1. The number of nitrogens with zero attached hydrogens (tertiary/aromatic N) is 1. The van der Waals surface area contributed by atoms with Gasteiger partial charge in [-0.05, 0) is 36.5 Å². The fraction of sp³-hybridized carbons (Fsp3) is 0.409. The first-order valence-electron chi connectivity index (χ1n) is 9.32. The van der Waals surface area contributed by atoms with Crippen molar-refractivity contribution in [3.8, 4) is 5.75 Å². The Bertz CT molecular complexity index is 737. The number of carbonyl (C=O) groups is 1. The summed E-state index contributed by atoms with van der Waals surface area (Å²) in [6, 6.07) is 18.4. The summed E-state index contributed by atoms with van der Waals surface area (Å²) >= 11 is 0. The molecule has 2 atom stereocenters. The molecule has 1 aliphatic carbocycles. The van der Waals surface area contributed by atoms with Crippen molar-refractivity contribution in [1.29, 1.82) is 0 Å². The van der Waals surface area contributed by atoms with Crippen LogP contribution in [-0.2, 0) is 4.79 Å². The maximum absolute atomic E-state index is 13.2. The molecule has 1 aliphatic heterocycles. The summed E-state index contributed by atoms with van der Waals surface area (Å²) in [6.07, 6.45) is 6.18. The van der Waals surface area contributed by atoms with E-state index in [4.69, 9.17) is 4.74 Å². The van der Waals surface area contributed by atoms with E-state index in [1.165, 1.54) is 37.7 Å². The Hall–Kier alpha value is -2.29. The van der Waals surface area contributed by atoms with Gasteiger partial charge in [-0.3, -0.25) is 4.79 Å². The highest BCUT2D eigenvalue weighted by Gasteiger charge is 2.52. The summed E-state index contributed by atoms with van der Waals surface area (Å²) in [5.74, 6) is 1.63. The highest BCUT2D eigenvalue weighted by atomic mass is 16.5. The van der Waals surface area contributed by atoms with E-state index in [1.807, 2.05) is 35.2 Å². The zero-order valence-corrected chi connectivity index (χ0v) is 14.7. The smallest absolute Gasteiger partial charge is 0.233 e. The minimum Gasteiger partial charge on any atom is -0.495 e. The maximum Gasteiger partial charge on any atom is 0.233 e. The largest absolute Gasteiger partial charge is 0.495 e. The van der Waals surface area contributed by atoms with E-state index in [2.05, 4.69) is 24.3 Å². The lowest BCUT2D eigenvalue weighted by Gasteiger charge is -2.51. The van der Waals surface area contributed by atoms with E-state index in [0.717, 1.165) is 11.4 Å². The molecule has 130 valence electrons. The Kier molecular flexibility index (Phi) is 4.48. The van der Waals surface area contributed by atoms with Crippen molar-refractivity contribution >= 4 is 11.6 Å². The molecule has 2 aromatic carbocycles. The Balaban J connectivity index is 1.72. The summed E-state index contributed by atoms with van der Waals surface area (Å²) < 4.78 is 5.52. The second-order valence-corrected chi connectivity index (χ2v) is 7.16. The zero-order chi connectivity index (χ0) is 17.2. The normalized spacial score (nSPS) is 24.0. The first-order valence-corrected chi connectivity index (χ1v) is 9.32. The second-order valence-electron chi connectivity index (χ2n) is 7.16. The van der Waals surface area contributed by atoms with Crippen molar-refractivity contribution in [2.45, 2.75) is 38.1 Å². The van der Waals surface area contributed by atoms with Gasteiger partial charge in [0.05, 0.1) is 24.8 Å². The Morgan fingerprint density at radius 2 is 1.60 bits per heavy atom. The molecule has 1 saturated heterocycles. The van der Waals surface area contributed by atoms with Gasteiger partial charge >= 0.3 is 0 Å². The average molecular weight is 335 g/mol. The van der Waals surface area contributed by atoms with Crippen molar-refractivity contribution in [3.05, 3.63) is 60.2 Å². The summed E-state index contributed by atoms with van der Waals surface area (Å²) in [5.41, 5.74) is 2.11. The van der Waals surface area contributed by atoms with Gasteiger partial charge in [-0.2, -0.15) is 0 Å². The number of methoxy groups -OCH3 is 1. The number of β-lactam (4-membered cyclic amide) rings is 1. The molecule has 0 bridgehead atoms. The van der Waals surface area contributed by atoms with Crippen LogP contribution in [0.4, 0.5) is 5.69 Å². The van der Waals surface area contributed by atoms with Crippen LogP contribution in [0.15, 0.2) is 54.6 Å². The third kappa shape index (κ3) is 2.82. The molecule has 0 radical (unpaired) electrons. The van der Waals surface area contributed by atoms with Crippen LogP contribution in [0, 0.1) is 11.8 Å². The molecule has 1 saturated carbocycles. The molecule has 25 heavy (non-hydrogen) atoms. The number of hydrogen-bond acceptors (Lipinski definition) is 2. The lowest BCUT2D eigenvalue weighted by atomic mass is 9.69. The van der Waals surface area contributed by atoms with Crippen LogP contribution in [0.25, 0.3) is 0 Å². The van der Waals surface area contributed by atoms with Crippen molar-refractivity contribution in [3.63, 3.8) is 0 Å². The molecule has 2 aromatic rings. The number of amides is 1. The molecule has 2 aliphatic rings. The zero-order valence-electron chi connectivity index (χ0n) is 14.7. The Morgan fingerprint density at radius 3 is 2.32 bits per heavy atom. The second kappa shape index (κ2) is 6.91. The third-order valence-electron chi connectivity index (χ3n) is 5.78. The van der Waals surface area contributed by atoms with Gasteiger partial charge in [0.15, 0.2) is 0 Å². The van der Waals surface area contributed by atoms with Gasteiger partial charge < -0.3 is 9.64 Å². The molecule has 1 heterocycles. The van der Waals surface area contributed by atoms with Crippen LogP contribution in [0.5, 0.6) is 5.75 Å². The van der Waals surface area contributed by atoms with Crippen LogP contribution in [0.2, 0.25) is 0 Å². The molecule has 3 heteroatoms. The first kappa shape index (κ1) is 16.2. The van der Waals surface area contributed by atoms with E-state index in [0.29, 0.717) is 5.92 Å². The monoisotopic (exact) mass is 335 g/mol. The standard InChI is InChI=1S/C22H25NO2/c1-25-19-15-9-8-14-18(19)23-21(17-12-6-3-7-13-17)20(22(23)24)16-10-4-2-5-11-16/h3,6-9,12-16,20-21H,2,4-5,10-11H2,1H3. The van der Waals surface area contributed by atoms with Gasteiger partial charge in [-0.25, -0.2) is 0 Å². The molecule has 4 rings (SSSR count). The van der Waals surface area contributed by atoms with Crippen LogP contribution in [0.3, 0.4) is 0 Å². The van der Waals surface area contributed by atoms with Crippen LogP contribution in [0.1, 0.15) is 43.7 Å². The molecule has 2 unspecified atom stereocenters. The predicted octanol–water partition coefficient (Wildman–Crippen LogP) is 4.98. The summed E-state index contributed by atoms with van der Waals surface area (Å²) in [7, 11) is 1.67. The van der Waals surface area contributed by atoms with Crippen LogP contribution in [-0.4, -0.2) is 13.0 Å². The molecule has 0 spiro atoms. The fourth-order valence-electron chi connectivity index (χ4n) is 4.57. The molecular weight excluding hydrogens is 310 g/mol. The lowest BCUT2D eigenvalue weighted by molar-refractivity contribution is -0.133. The van der Waals surface area contributed by atoms with Crippen molar-refractivity contribution in [2.24, 2.45) is 11.8 Å². The molecule has 3 nitrogen and oxygen atoms in total. The van der Waals surface area contributed by atoms with E-state index in [1.54, 1.807) is 7.11 Å². The minimum atomic E-state index is 0.104. The van der Waals surface area contributed by atoms with Gasteiger partial charge in [-0.15, -0.1) is 0 Å². The van der Waals surface area contributed by atoms with Gasteiger partial charge in [-0.1, -0.05) is 61.7 Å². The summed E-state index contributed by atoms with van der Waals surface area (Å²) in [6.45, 7) is 0. The lowest BCUT2D eigenvalue weighted by Crippen LogP contribution is -2.58. The summed E-state index contributed by atoms with van der Waals surface area (Å²) in [5, 5.41) is 0. The maximum atomic E-state index is 13.2. The van der Waals surface area contributed by atoms with E-state index < -0.39 is 0 Å². The molecule has 0 N–H and O–H groups in total.